The number of nitrogens with two attached hydrogens (primary N) is 2. The number of amides is 1. The zero-order valence-electron chi connectivity index (χ0n) is 23.4. The van der Waals surface area contributed by atoms with Gasteiger partial charge in [-0.25, -0.2) is 9.07 Å². The summed E-state index contributed by atoms with van der Waals surface area (Å²) >= 11 is 0. The van der Waals surface area contributed by atoms with E-state index in [1.54, 1.807) is 0 Å². The molecule has 42 heavy (non-hydrogen) atoms. The molecule has 0 unspecified atom stereocenters. The van der Waals surface area contributed by atoms with Crippen LogP contribution < -0.4 is 16.8 Å². The fourth-order valence-electron chi connectivity index (χ4n) is 5.27. The van der Waals surface area contributed by atoms with Gasteiger partial charge in [0.15, 0.2) is 5.69 Å². The van der Waals surface area contributed by atoms with Gasteiger partial charge in [-0.05, 0) is 50.0 Å². The summed E-state index contributed by atoms with van der Waals surface area (Å²) in [6.45, 7) is 3.61. The van der Waals surface area contributed by atoms with Crippen molar-refractivity contribution in [3.63, 3.8) is 0 Å². The van der Waals surface area contributed by atoms with Gasteiger partial charge < -0.3 is 21.5 Å². The van der Waals surface area contributed by atoms with E-state index in [0.717, 1.165) is 23.6 Å². The van der Waals surface area contributed by atoms with Crippen LogP contribution in [0, 0.1) is 11.2 Å². The number of alkyl halides is 3. The molecule has 2 aliphatic rings. The van der Waals surface area contributed by atoms with Gasteiger partial charge in [-0.3, -0.25) is 14.1 Å². The Labute approximate surface area is 240 Å². The van der Waals surface area contributed by atoms with Gasteiger partial charge in [-0.2, -0.15) is 26.7 Å². The number of hydrogen-bond acceptors (Lipinski definition) is 8. The summed E-state index contributed by atoms with van der Waals surface area (Å²) in [5, 5.41) is 6.94. The number of carbonyl (C=O) groups excluding carboxylic acids is 2. The third-order valence-corrected chi connectivity index (χ3v) is 7.12. The van der Waals surface area contributed by atoms with Crippen LogP contribution in [0.1, 0.15) is 73.3 Å². The van der Waals surface area contributed by atoms with E-state index in [1.165, 1.54) is 6.07 Å². The second kappa shape index (κ2) is 12.6. The Morgan fingerprint density at radius 2 is 1.86 bits per heavy atom. The maximum Gasteiger partial charge on any atom is 0.435 e. The van der Waals surface area contributed by atoms with Gasteiger partial charge in [0.25, 0.3) is 16.0 Å². The topological polar surface area (TPSA) is 180 Å². The number of esters is 1. The van der Waals surface area contributed by atoms with Crippen molar-refractivity contribution in [3.8, 4) is 5.69 Å². The molecule has 0 aliphatic heterocycles. The smallest absolute Gasteiger partial charge is 0.435 e. The molecule has 2 aliphatic carbocycles. The normalized spacial score (nSPS) is 20.1. The quantitative estimate of drug-likeness (QED) is 0.214. The number of ether oxygens (including phenoxy) is 1. The molecule has 6 N–H and O–H groups in total. The highest BCUT2D eigenvalue weighted by Gasteiger charge is 2.42. The summed E-state index contributed by atoms with van der Waals surface area (Å²) in [5.41, 5.74) is 9.60. The van der Waals surface area contributed by atoms with Gasteiger partial charge in [0.2, 0.25) is 0 Å². The number of fused-ring (bicyclic) bond motifs is 1. The van der Waals surface area contributed by atoms with Gasteiger partial charge >= 0.3 is 12.1 Å². The molecule has 0 bridgehead atoms. The molecule has 1 amide bonds. The number of aromatic nitrogens is 2. The standard InChI is InChI=1S/C25H31F4N5O3.CH4O3S/c1-24(2)8-7-14-18(11-24)34(33-22(14)25(27,28)29)13-9-15(26)21(23(31)36)17(10-13)32-16-5-3-4-6-19(16)37-20(35)12-30;1-5(2,3)4/h9-10,16,19,32H,3-8,11-12,30H2,1-2H3,(H2,31,36);1H3,(H,2,3,4)/t16-,19-;/m0./s1. The van der Waals surface area contributed by atoms with Crippen LogP contribution in [0.4, 0.5) is 23.2 Å². The SMILES string of the molecule is CC1(C)CCc2c(C(F)(F)F)nn(-c3cc(F)c(C(N)=O)c(N[C@H]4CCCC[C@@H]4OC(=O)CN)c3)c2C1.CS(=O)(=O)O. The predicted molar refractivity (Wildman–Crippen MR) is 145 cm³/mol. The van der Waals surface area contributed by atoms with Crippen molar-refractivity contribution in [1.29, 1.82) is 0 Å². The van der Waals surface area contributed by atoms with Crippen molar-refractivity contribution >= 4 is 27.7 Å². The first-order chi connectivity index (χ1) is 19.3. The number of anilines is 1. The number of nitrogens with one attached hydrogen (secondary N) is 1. The summed E-state index contributed by atoms with van der Waals surface area (Å²) in [6, 6.07) is 1.86. The van der Waals surface area contributed by atoms with Crippen LogP contribution in [0.5, 0.6) is 0 Å². The fourth-order valence-corrected chi connectivity index (χ4v) is 5.27. The van der Waals surface area contributed by atoms with E-state index in [4.69, 9.17) is 20.8 Å². The van der Waals surface area contributed by atoms with Crippen molar-refractivity contribution in [1.82, 2.24) is 9.78 Å². The highest BCUT2D eigenvalue weighted by atomic mass is 32.2. The Kier molecular flexibility index (Phi) is 9.94. The van der Waals surface area contributed by atoms with E-state index in [0.29, 0.717) is 37.6 Å². The molecule has 1 saturated carbocycles. The summed E-state index contributed by atoms with van der Waals surface area (Å²) in [4.78, 5) is 24.0. The number of carbonyl (C=O) groups is 2. The third-order valence-electron chi connectivity index (χ3n) is 7.12. The Morgan fingerprint density at radius 1 is 1.24 bits per heavy atom. The highest BCUT2D eigenvalue weighted by molar-refractivity contribution is 7.85. The first-order valence-corrected chi connectivity index (χ1v) is 15.1. The second-order valence-corrected chi connectivity index (χ2v) is 12.7. The Balaban J connectivity index is 0.000000892. The molecular formula is C26H35F4N5O6S. The molecule has 1 aromatic heterocycles. The molecule has 1 heterocycles. The lowest BCUT2D eigenvalue weighted by molar-refractivity contribution is -0.149. The minimum absolute atomic E-state index is 0.00363. The van der Waals surface area contributed by atoms with Gasteiger partial charge in [0, 0.05) is 17.3 Å². The molecule has 1 fully saturated rings. The summed E-state index contributed by atoms with van der Waals surface area (Å²) < 4.78 is 89.2. The maximum atomic E-state index is 15.3. The molecule has 2 aromatic rings. The van der Waals surface area contributed by atoms with Gasteiger partial charge in [0.1, 0.15) is 11.9 Å². The van der Waals surface area contributed by atoms with Crippen molar-refractivity contribution in [2.45, 2.75) is 77.1 Å². The van der Waals surface area contributed by atoms with Gasteiger partial charge in [0.05, 0.1) is 35.8 Å². The van der Waals surface area contributed by atoms with E-state index >= 15 is 4.39 Å². The number of hydrogen-bond donors (Lipinski definition) is 4. The molecule has 1 aromatic carbocycles. The minimum Gasteiger partial charge on any atom is -0.459 e. The molecular weight excluding hydrogens is 586 g/mol. The molecule has 2 atom stereocenters. The zero-order valence-corrected chi connectivity index (χ0v) is 24.2. The molecule has 11 nitrogen and oxygen atoms in total. The van der Waals surface area contributed by atoms with Gasteiger partial charge in [-0.15, -0.1) is 0 Å². The highest BCUT2D eigenvalue weighted by Crippen LogP contribution is 2.42. The van der Waals surface area contributed by atoms with Crippen LogP contribution in [0.15, 0.2) is 12.1 Å². The lowest BCUT2D eigenvalue weighted by Gasteiger charge is -2.33. The number of benzene rings is 1. The van der Waals surface area contributed by atoms with Crippen LogP contribution >= 0.6 is 0 Å². The van der Waals surface area contributed by atoms with Crippen LogP contribution in [-0.2, 0) is 38.7 Å². The van der Waals surface area contributed by atoms with Crippen molar-refractivity contribution < 1.29 is 44.9 Å². The molecule has 0 spiro atoms. The average molecular weight is 622 g/mol. The molecule has 234 valence electrons. The largest absolute Gasteiger partial charge is 0.459 e. The average Bonchev–Trinajstić information content (AvgIpc) is 3.21. The zero-order chi connectivity index (χ0) is 31.6. The number of halogens is 4. The van der Waals surface area contributed by atoms with Crippen LogP contribution in [0.25, 0.3) is 5.69 Å². The number of nitrogens with zero attached hydrogens (tertiary/aromatic N) is 2. The Morgan fingerprint density at radius 3 is 2.43 bits per heavy atom. The van der Waals surface area contributed by atoms with E-state index < -0.39 is 57.4 Å². The van der Waals surface area contributed by atoms with Gasteiger partial charge in [-0.1, -0.05) is 20.3 Å². The molecule has 0 radical (unpaired) electrons. The summed E-state index contributed by atoms with van der Waals surface area (Å²) in [5.74, 6) is -2.64. The molecule has 16 heteroatoms. The summed E-state index contributed by atoms with van der Waals surface area (Å²) in [7, 11) is -3.67. The maximum absolute atomic E-state index is 15.3. The van der Waals surface area contributed by atoms with Crippen LogP contribution in [0.3, 0.4) is 0 Å². The van der Waals surface area contributed by atoms with E-state index in [9.17, 15) is 31.2 Å². The monoisotopic (exact) mass is 621 g/mol. The lowest BCUT2D eigenvalue weighted by atomic mass is 9.76. The predicted octanol–water partition coefficient (Wildman–Crippen LogP) is 3.37. The van der Waals surface area contributed by atoms with E-state index in [-0.39, 0.29) is 35.3 Å². The van der Waals surface area contributed by atoms with Crippen LogP contribution in [-0.4, -0.2) is 59.6 Å². The summed E-state index contributed by atoms with van der Waals surface area (Å²) in [6.07, 6.45) is -0.795. The van der Waals surface area contributed by atoms with Crippen molar-refractivity contribution in [3.05, 3.63) is 40.5 Å². The first kappa shape index (κ1) is 33.3. The lowest BCUT2D eigenvalue weighted by Crippen LogP contribution is -2.41. The third kappa shape index (κ3) is 8.41. The second-order valence-electron chi connectivity index (χ2n) is 11.2. The molecule has 4 rings (SSSR count). The Bertz CT molecular complexity index is 1430. The van der Waals surface area contributed by atoms with Crippen LogP contribution in [0.2, 0.25) is 0 Å². The first-order valence-electron chi connectivity index (χ1n) is 13.2. The van der Waals surface area contributed by atoms with E-state index in [1.807, 2.05) is 13.8 Å². The molecule has 0 saturated heterocycles. The number of rotatable bonds is 6. The Hall–Kier alpha value is -3.24. The van der Waals surface area contributed by atoms with E-state index in [2.05, 4.69) is 10.4 Å². The number of primary amides is 1. The van der Waals surface area contributed by atoms with Crippen molar-refractivity contribution in [2.75, 3.05) is 18.1 Å². The van der Waals surface area contributed by atoms with Crippen molar-refractivity contribution in [2.24, 2.45) is 16.9 Å². The minimum atomic E-state index is -4.67. The fraction of sp³-hybridized carbons (Fsp3) is 0.577.